The van der Waals surface area contributed by atoms with Crippen LogP contribution in [-0.4, -0.2) is 42.5 Å². The first-order chi connectivity index (χ1) is 11.1. The van der Waals surface area contributed by atoms with Gasteiger partial charge in [0.1, 0.15) is 0 Å². The minimum Gasteiger partial charge on any atom is -0.341 e. The molecule has 5 nitrogen and oxygen atoms in total. The maximum atomic E-state index is 11.9. The topological polar surface area (TPSA) is 61.4 Å². The van der Waals surface area contributed by atoms with Crippen molar-refractivity contribution in [2.24, 2.45) is 0 Å². The van der Waals surface area contributed by atoms with Gasteiger partial charge in [-0.25, -0.2) is 4.79 Å². The van der Waals surface area contributed by atoms with Gasteiger partial charge in [-0.1, -0.05) is 31.2 Å². The highest BCUT2D eigenvalue weighted by Gasteiger charge is 2.26. The summed E-state index contributed by atoms with van der Waals surface area (Å²) in [7, 11) is 0. The summed E-state index contributed by atoms with van der Waals surface area (Å²) in [5.41, 5.74) is 2.63. The number of nitrogens with one attached hydrogen (secondary N) is 2. The van der Waals surface area contributed by atoms with Gasteiger partial charge in [0, 0.05) is 32.1 Å². The van der Waals surface area contributed by atoms with E-state index in [2.05, 4.69) is 29.7 Å². The number of carbonyl (C=O) groups is 2. The Kier molecular flexibility index (Phi) is 6.44. The van der Waals surface area contributed by atoms with Gasteiger partial charge >= 0.3 is 6.03 Å². The van der Waals surface area contributed by atoms with Crippen LogP contribution in [0.5, 0.6) is 0 Å². The van der Waals surface area contributed by atoms with Crippen molar-refractivity contribution < 1.29 is 9.59 Å². The lowest BCUT2D eigenvalue weighted by Crippen LogP contribution is -2.44. The van der Waals surface area contributed by atoms with Crippen molar-refractivity contribution in [2.45, 2.75) is 45.6 Å². The minimum atomic E-state index is -0.134. The molecule has 0 unspecified atom stereocenters. The predicted molar refractivity (Wildman–Crippen MR) is 91.3 cm³/mol. The van der Waals surface area contributed by atoms with E-state index in [0.717, 1.165) is 25.8 Å². The minimum absolute atomic E-state index is 0.0712. The molecule has 3 amide bonds. The highest BCUT2D eigenvalue weighted by Crippen LogP contribution is 2.11. The molecule has 1 aromatic carbocycles. The first-order valence-electron chi connectivity index (χ1n) is 8.46. The summed E-state index contributed by atoms with van der Waals surface area (Å²) >= 11 is 0. The van der Waals surface area contributed by atoms with Gasteiger partial charge in [-0.05, 0) is 37.3 Å². The molecule has 1 aliphatic heterocycles. The summed E-state index contributed by atoms with van der Waals surface area (Å²) in [6.45, 7) is 6.00. The Morgan fingerprint density at radius 2 is 2.09 bits per heavy atom. The zero-order valence-corrected chi connectivity index (χ0v) is 14.1. The Morgan fingerprint density at radius 1 is 1.30 bits per heavy atom. The van der Waals surface area contributed by atoms with Crippen molar-refractivity contribution in [1.29, 1.82) is 0 Å². The third-order valence-corrected chi connectivity index (χ3v) is 4.35. The summed E-state index contributed by atoms with van der Waals surface area (Å²) < 4.78 is 0. The number of amides is 3. The van der Waals surface area contributed by atoms with E-state index < -0.39 is 0 Å². The Balaban J connectivity index is 1.62. The number of aryl methyl sites for hydroxylation is 2. The highest BCUT2D eigenvalue weighted by molar-refractivity contribution is 5.77. The molecule has 2 rings (SSSR count). The lowest BCUT2D eigenvalue weighted by molar-refractivity contribution is -0.129. The molecule has 1 heterocycles. The standard InChI is InChI=1S/C18H27N3O2/c1-3-17(22)21-12-10-16(13-21)20-18(23)19-11-6-9-15-8-5-4-7-14(15)2/h4-5,7-8,16H,3,6,9-13H2,1-2H3,(H2,19,20,23)/t16-/m0/s1. The summed E-state index contributed by atoms with van der Waals surface area (Å²) in [5.74, 6) is 0.160. The van der Waals surface area contributed by atoms with Gasteiger partial charge < -0.3 is 15.5 Å². The van der Waals surface area contributed by atoms with E-state index in [-0.39, 0.29) is 18.0 Å². The number of hydrogen-bond acceptors (Lipinski definition) is 2. The molecule has 0 radical (unpaired) electrons. The Morgan fingerprint density at radius 3 is 2.83 bits per heavy atom. The van der Waals surface area contributed by atoms with Gasteiger partial charge in [0.15, 0.2) is 0 Å². The maximum Gasteiger partial charge on any atom is 0.315 e. The number of nitrogens with zero attached hydrogens (tertiary/aromatic N) is 1. The fraction of sp³-hybridized carbons (Fsp3) is 0.556. The number of hydrogen-bond donors (Lipinski definition) is 2. The van der Waals surface area contributed by atoms with E-state index in [1.54, 1.807) is 0 Å². The first-order valence-corrected chi connectivity index (χ1v) is 8.46. The van der Waals surface area contributed by atoms with Crippen LogP contribution in [0, 0.1) is 6.92 Å². The van der Waals surface area contributed by atoms with Gasteiger partial charge in [0.25, 0.3) is 0 Å². The second-order valence-corrected chi connectivity index (χ2v) is 6.11. The van der Waals surface area contributed by atoms with E-state index in [0.29, 0.717) is 19.5 Å². The van der Waals surface area contributed by atoms with E-state index in [4.69, 9.17) is 0 Å². The Labute approximate surface area is 138 Å². The predicted octanol–water partition coefficient (Wildman–Crippen LogP) is 2.24. The van der Waals surface area contributed by atoms with Gasteiger partial charge in [0.05, 0.1) is 0 Å². The molecule has 126 valence electrons. The molecule has 1 aromatic rings. The fourth-order valence-electron chi connectivity index (χ4n) is 2.94. The lowest BCUT2D eigenvalue weighted by Gasteiger charge is -2.16. The van der Waals surface area contributed by atoms with E-state index in [1.807, 2.05) is 24.0 Å². The van der Waals surface area contributed by atoms with Crippen molar-refractivity contribution in [3.8, 4) is 0 Å². The lowest BCUT2D eigenvalue weighted by atomic mass is 10.0. The van der Waals surface area contributed by atoms with Crippen molar-refractivity contribution in [3.05, 3.63) is 35.4 Å². The molecule has 1 saturated heterocycles. The van der Waals surface area contributed by atoms with Gasteiger partial charge in [-0.3, -0.25) is 4.79 Å². The average Bonchev–Trinajstić information content (AvgIpc) is 3.00. The zero-order valence-electron chi connectivity index (χ0n) is 14.1. The summed E-state index contributed by atoms with van der Waals surface area (Å²) in [6.07, 6.45) is 3.25. The molecule has 5 heteroatoms. The quantitative estimate of drug-likeness (QED) is 0.791. The molecule has 1 fully saturated rings. The van der Waals surface area contributed by atoms with Crippen LogP contribution in [-0.2, 0) is 11.2 Å². The molecule has 1 aliphatic rings. The van der Waals surface area contributed by atoms with Crippen LogP contribution in [0.2, 0.25) is 0 Å². The van der Waals surface area contributed by atoms with E-state index in [9.17, 15) is 9.59 Å². The Bertz CT molecular complexity index is 545. The fourth-order valence-corrected chi connectivity index (χ4v) is 2.94. The van der Waals surface area contributed by atoms with Gasteiger partial charge in [-0.2, -0.15) is 0 Å². The van der Waals surface area contributed by atoms with Crippen LogP contribution in [0.3, 0.4) is 0 Å². The molecule has 1 atom stereocenters. The van der Waals surface area contributed by atoms with Crippen LogP contribution in [0.4, 0.5) is 4.79 Å². The maximum absolute atomic E-state index is 11.9. The van der Waals surface area contributed by atoms with E-state index in [1.165, 1.54) is 11.1 Å². The molecule has 0 aromatic heterocycles. The molecule has 0 bridgehead atoms. The molecule has 23 heavy (non-hydrogen) atoms. The summed E-state index contributed by atoms with van der Waals surface area (Å²) in [5, 5.41) is 5.86. The summed E-state index contributed by atoms with van der Waals surface area (Å²) in [6, 6.07) is 8.27. The second-order valence-electron chi connectivity index (χ2n) is 6.11. The second kappa shape index (κ2) is 8.56. The molecule has 0 spiro atoms. The number of carbonyl (C=O) groups excluding carboxylic acids is 2. The third kappa shape index (κ3) is 5.27. The SMILES string of the molecule is CCC(=O)N1CC[C@H](NC(=O)NCCCc2ccccc2C)C1. The smallest absolute Gasteiger partial charge is 0.315 e. The average molecular weight is 317 g/mol. The van der Waals surface area contributed by atoms with Gasteiger partial charge in [0.2, 0.25) is 5.91 Å². The zero-order chi connectivity index (χ0) is 16.7. The van der Waals surface area contributed by atoms with Crippen molar-refractivity contribution >= 4 is 11.9 Å². The largest absolute Gasteiger partial charge is 0.341 e. The van der Waals surface area contributed by atoms with Crippen LogP contribution in [0.1, 0.15) is 37.3 Å². The van der Waals surface area contributed by atoms with Crippen LogP contribution >= 0.6 is 0 Å². The number of likely N-dealkylation sites (tertiary alicyclic amines) is 1. The highest BCUT2D eigenvalue weighted by atomic mass is 16.2. The molecule has 2 N–H and O–H groups in total. The Hall–Kier alpha value is -2.04. The van der Waals surface area contributed by atoms with Crippen LogP contribution in [0.15, 0.2) is 24.3 Å². The molecule has 0 aliphatic carbocycles. The third-order valence-electron chi connectivity index (χ3n) is 4.35. The van der Waals surface area contributed by atoms with Crippen LogP contribution in [0.25, 0.3) is 0 Å². The molecular weight excluding hydrogens is 290 g/mol. The monoisotopic (exact) mass is 317 g/mol. The van der Waals surface area contributed by atoms with Crippen LogP contribution < -0.4 is 10.6 Å². The number of benzene rings is 1. The van der Waals surface area contributed by atoms with E-state index >= 15 is 0 Å². The van der Waals surface area contributed by atoms with Crippen molar-refractivity contribution in [1.82, 2.24) is 15.5 Å². The number of urea groups is 1. The normalized spacial score (nSPS) is 17.1. The first kappa shape index (κ1) is 17.3. The number of rotatable bonds is 6. The molecule has 0 saturated carbocycles. The molecular formula is C18H27N3O2. The van der Waals surface area contributed by atoms with Crippen molar-refractivity contribution in [3.63, 3.8) is 0 Å². The summed E-state index contributed by atoms with van der Waals surface area (Å²) in [4.78, 5) is 25.3. The van der Waals surface area contributed by atoms with Gasteiger partial charge in [-0.15, -0.1) is 0 Å². The van der Waals surface area contributed by atoms with Crippen molar-refractivity contribution in [2.75, 3.05) is 19.6 Å².